The van der Waals surface area contributed by atoms with Crippen molar-refractivity contribution in [1.29, 1.82) is 0 Å². The maximum absolute atomic E-state index is 11.0. The fraction of sp³-hybridized carbons (Fsp3) is 0.222. The number of carbonyl (C=O) groups excluding carboxylic acids is 1. The molecule has 27 heavy (non-hydrogen) atoms. The van der Waals surface area contributed by atoms with Crippen molar-refractivity contribution < 1.29 is 19.0 Å². The third-order valence-corrected chi connectivity index (χ3v) is 4.27. The van der Waals surface area contributed by atoms with Gasteiger partial charge in [0.25, 0.3) is 0 Å². The highest BCUT2D eigenvalue weighted by Gasteiger charge is 2.13. The molecule has 0 unspecified atom stereocenters. The van der Waals surface area contributed by atoms with Crippen LogP contribution in [0.1, 0.15) is 18.1 Å². The quantitative estimate of drug-likeness (QED) is 0.476. The van der Waals surface area contributed by atoms with Crippen molar-refractivity contribution in [2.75, 3.05) is 13.7 Å². The second-order valence-electron chi connectivity index (χ2n) is 5.16. The number of methoxy groups -OCH3 is 1. The lowest BCUT2D eigenvalue weighted by atomic mass is 10.2. The summed E-state index contributed by atoms with van der Waals surface area (Å²) in [7, 11) is 1.24. The summed E-state index contributed by atoms with van der Waals surface area (Å²) in [6.07, 6.45) is 0.734. The molecule has 1 amide bonds. The zero-order valence-corrected chi connectivity index (χ0v) is 16.9. The van der Waals surface area contributed by atoms with Crippen molar-refractivity contribution in [2.45, 2.75) is 13.5 Å². The van der Waals surface area contributed by atoms with E-state index in [-0.39, 0.29) is 6.61 Å². The molecule has 0 aliphatic carbocycles. The SMILES string of the molecule is CCOc1cc(C=NNC(=O)OC)cc(Cl)c1OCc1ccc(Cl)c(Cl)c1. The second kappa shape index (κ2) is 10.3. The maximum atomic E-state index is 11.0. The number of amides is 1. The zero-order chi connectivity index (χ0) is 19.8. The van der Waals surface area contributed by atoms with E-state index in [9.17, 15) is 4.79 Å². The van der Waals surface area contributed by atoms with Crippen molar-refractivity contribution in [2.24, 2.45) is 5.10 Å². The molecule has 0 spiro atoms. The molecule has 0 saturated heterocycles. The number of nitrogens with zero attached hydrogens (tertiary/aromatic N) is 1. The highest BCUT2D eigenvalue weighted by Crippen LogP contribution is 2.37. The van der Waals surface area contributed by atoms with Crippen LogP contribution in [-0.2, 0) is 11.3 Å². The van der Waals surface area contributed by atoms with Gasteiger partial charge in [0.1, 0.15) is 6.61 Å². The largest absolute Gasteiger partial charge is 0.490 e. The fourth-order valence-electron chi connectivity index (χ4n) is 2.06. The minimum absolute atomic E-state index is 0.230. The van der Waals surface area contributed by atoms with Gasteiger partial charge in [-0.1, -0.05) is 40.9 Å². The van der Waals surface area contributed by atoms with Gasteiger partial charge in [-0.2, -0.15) is 5.10 Å². The minimum Gasteiger partial charge on any atom is -0.490 e. The number of carbonyl (C=O) groups is 1. The molecular weight excluding hydrogens is 415 g/mol. The first-order valence-corrected chi connectivity index (χ1v) is 8.98. The van der Waals surface area contributed by atoms with Gasteiger partial charge in [0.2, 0.25) is 0 Å². The van der Waals surface area contributed by atoms with Crippen molar-refractivity contribution in [1.82, 2.24) is 5.43 Å². The van der Waals surface area contributed by atoms with Gasteiger partial charge >= 0.3 is 6.09 Å². The van der Waals surface area contributed by atoms with Gasteiger partial charge in [-0.3, -0.25) is 0 Å². The van der Waals surface area contributed by atoms with Gasteiger partial charge in [0, 0.05) is 0 Å². The number of halogens is 3. The highest BCUT2D eigenvalue weighted by atomic mass is 35.5. The number of rotatable bonds is 7. The number of hydrogen-bond donors (Lipinski definition) is 1. The van der Waals surface area contributed by atoms with Crippen LogP contribution >= 0.6 is 34.8 Å². The number of hydrazone groups is 1. The smallest absolute Gasteiger partial charge is 0.427 e. The fourth-order valence-corrected chi connectivity index (χ4v) is 2.65. The summed E-state index contributed by atoms with van der Waals surface area (Å²) < 4.78 is 15.9. The molecule has 0 bridgehead atoms. The Bertz CT molecular complexity index is 844. The van der Waals surface area contributed by atoms with E-state index in [0.29, 0.717) is 38.7 Å². The summed E-state index contributed by atoms with van der Waals surface area (Å²) in [6.45, 7) is 2.49. The molecule has 0 atom stereocenters. The second-order valence-corrected chi connectivity index (χ2v) is 6.38. The molecule has 0 heterocycles. The van der Waals surface area contributed by atoms with Crippen LogP contribution in [0.25, 0.3) is 0 Å². The third-order valence-electron chi connectivity index (χ3n) is 3.25. The van der Waals surface area contributed by atoms with Crippen LogP contribution in [0.3, 0.4) is 0 Å². The summed E-state index contributed by atoms with van der Waals surface area (Å²) in [6, 6.07) is 8.56. The Morgan fingerprint density at radius 2 is 1.89 bits per heavy atom. The molecule has 0 saturated carbocycles. The van der Waals surface area contributed by atoms with E-state index >= 15 is 0 Å². The van der Waals surface area contributed by atoms with E-state index in [1.165, 1.54) is 13.3 Å². The first kappa shape index (κ1) is 21.2. The number of hydrogen-bond acceptors (Lipinski definition) is 5. The van der Waals surface area contributed by atoms with Crippen molar-refractivity contribution in [3.8, 4) is 11.5 Å². The van der Waals surface area contributed by atoms with Crippen LogP contribution in [0.2, 0.25) is 15.1 Å². The Morgan fingerprint density at radius 3 is 2.56 bits per heavy atom. The van der Waals surface area contributed by atoms with Crippen molar-refractivity contribution in [3.05, 3.63) is 56.5 Å². The number of nitrogens with one attached hydrogen (secondary N) is 1. The molecule has 0 aliphatic heterocycles. The van der Waals surface area contributed by atoms with Gasteiger partial charge < -0.3 is 14.2 Å². The lowest BCUT2D eigenvalue weighted by molar-refractivity contribution is 0.171. The standard InChI is InChI=1S/C18H17Cl3N2O4/c1-3-26-16-8-12(9-22-23-18(24)25-2)7-15(21)17(16)27-10-11-4-5-13(19)14(20)6-11/h4-9H,3,10H2,1-2H3,(H,23,24). The molecular formula is C18H17Cl3N2O4. The van der Waals surface area contributed by atoms with E-state index in [1.807, 2.05) is 13.0 Å². The molecule has 0 aromatic heterocycles. The molecule has 2 aromatic rings. The van der Waals surface area contributed by atoms with Crippen molar-refractivity contribution >= 4 is 47.1 Å². The van der Waals surface area contributed by atoms with Gasteiger partial charge in [0.15, 0.2) is 11.5 Å². The van der Waals surface area contributed by atoms with E-state index in [4.69, 9.17) is 44.3 Å². The molecule has 0 aliphatic rings. The zero-order valence-electron chi connectivity index (χ0n) is 14.6. The molecule has 0 radical (unpaired) electrons. The summed E-state index contributed by atoms with van der Waals surface area (Å²) >= 11 is 18.3. The summed E-state index contributed by atoms with van der Waals surface area (Å²) in [5.74, 6) is 0.840. The Hall–Kier alpha value is -2.15. The molecule has 9 heteroatoms. The van der Waals surface area contributed by atoms with E-state index in [0.717, 1.165) is 5.56 Å². The highest BCUT2D eigenvalue weighted by molar-refractivity contribution is 6.42. The minimum atomic E-state index is -0.677. The predicted molar refractivity (Wildman–Crippen MR) is 107 cm³/mol. The Balaban J connectivity index is 2.19. The molecule has 2 rings (SSSR count). The number of benzene rings is 2. The monoisotopic (exact) mass is 430 g/mol. The molecule has 6 nitrogen and oxygen atoms in total. The first-order valence-electron chi connectivity index (χ1n) is 7.84. The van der Waals surface area contributed by atoms with Gasteiger partial charge in [0.05, 0.1) is 35.0 Å². The first-order chi connectivity index (χ1) is 12.9. The van der Waals surface area contributed by atoms with E-state index in [1.54, 1.807) is 24.3 Å². The van der Waals surface area contributed by atoms with Crippen LogP contribution in [0.5, 0.6) is 11.5 Å². The van der Waals surface area contributed by atoms with Crippen LogP contribution in [0.4, 0.5) is 4.79 Å². The lowest BCUT2D eigenvalue weighted by Gasteiger charge is -2.14. The molecule has 2 aromatic carbocycles. The summed E-state index contributed by atoms with van der Waals surface area (Å²) in [5, 5.41) is 5.01. The summed E-state index contributed by atoms with van der Waals surface area (Å²) in [4.78, 5) is 11.0. The lowest BCUT2D eigenvalue weighted by Crippen LogP contribution is -2.16. The Morgan fingerprint density at radius 1 is 1.11 bits per heavy atom. The third kappa shape index (κ3) is 6.20. The van der Waals surface area contributed by atoms with Crippen molar-refractivity contribution in [3.63, 3.8) is 0 Å². The average molecular weight is 432 g/mol. The average Bonchev–Trinajstić information content (AvgIpc) is 2.64. The van der Waals surface area contributed by atoms with Gasteiger partial charge in [-0.25, -0.2) is 10.2 Å². The molecule has 1 N–H and O–H groups in total. The topological polar surface area (TPSA) is 69.2 Å². The van der Waals surface area contributed by atoms with Gasteiger partial charge in [-0.05, 0) is 42.3 Å². The molecule has 0 fully saturated rings. The normalized spacial score (nSPS) is 10.7. The predicted octanol–water partition coefficient (Wildman–Crippen LogP) is 5.31. The van der Waals surface area contributed by atoms with Crippen LogP contribution < -0.4 is 14.9 Å². The van der Waals surface area contributed by atoms with Crippen LogP contribution in [0.15, 0.2) is 35.4 Å². The van der Waals surface area contributed by atoms with Gasteiger partial charge in [-0.15, -0.1) is 0 Å². The van der Waals surface area contributed by atoms with E-state index in [2.05, 4.69) is 15.3 Å². The number of ether oxygens (including phenoxy) is 3. The summed E-state index contributed by atoms with van der Waals surface area (Å²) in [5.41, 5.74) is 3.63. The maximum Gasteiger partial charge on any atom is 0.427 e. The Labute approximate surface area is 172 Å². The van der Waals surface area contributed by atoms with Crippen LogP contribution in [0, 0.1) is 0 Å². The van der Waals surface area contributed by atoms with E-state index < -0.39 is 6.09 Å². The van der Waals surface area contributed by atoms with Crippen LogP contribution in [-0.4, -0.2) is 26.0 Å². The Kier molecular flexibility index (Phi) is 8.03. The molecule has 144 valence electrons.